The minimum absolute atomic E-state index is 0.0633. The number of aryl methyl sites for hydroxylation is 1. The number of nitrogens with zero attached hydrogens (tertiary/aromatic N) is 2. The van der Waals surface area contributed by atoms with Crippen LogP contribution in [-0.4, -0.2) is 44.0 Å². The third-order valence-electron chi connectivity index (χ3n) is 5.47. The molecule has 3 N–H and O–H groups in total. The fourth-order valence-electron chi connectivity index (χ4n) is 3.53. The quantitative estimate of drug-likeness (QED) is 0.794. The van der Waals surface area contributed by atoms with Gasteiger partial charge in [-0.3, -0.25) is 4.79 Å². The highest BCUT2D eigenvalue weighted by atomic mass is 16.1. The molecule has 0 atom stereocenters. The molecule has 1 fully saturated rings. The van der Waals surface area contributed by atoms with Gasteiger partial charge in [0.25, 0.3) is 5.91 Å². The smallest absolute Gasteiger partial charge is 0.255 e. The Morgan fingerprint density at radius 1 is 1.04 bits per heavy atom. The Morgan fingerprint density at radius 3 is 2.21 bits per heavy atom. The number of nitrogen functional groups attached to an aromatic ring is 1. The van der Waals surface area contributed by atoms with Crippen molar-refractivity contribution < 1.29 is 4.79 Å². The van der Waals surface area contributed by atoms with Gasteiger partial charge in [-0.05, 0) is 54.8 Å². The van der Waals surface area contributed by atoms with E-state index in [9.17, 15) is 4.79 Å². The molecule has 150 valence electrons. The molecule has 1 saturated heterocycles. The Morgan fingerprint density at radius 2 is 1.64 bits per heavy atom. The Labute approximate surface area is 168 Å². The van der Waals surface area contributed by atoms with Crippen LogP contribution in [0.5, 0.6) is 0 Å². The van der Waals surface area contributed by atoms with Crippen LogP contribution in [0.25, 0.3) is 0 Å². The van der Waals surface area contributed by atoms with Crippen LogP contribution in [0, 0.1) is 6.92 Å². The molecule has 28 heavy (non-hydrogen) atoms. The van der Waals surface area contributed by atoms with Gasteiger partial charge >= 0.3 is 0 Å². The molecule has 1 aliphatic heterocycles. The molecular weight excluding hydrogens is 348 g/mol. The molecule has 0 radical (unpaired) electrons. The summed E-state index contributed by atoms with van der Waals surface area (Å²) in [5, 5.41) is 3.00. The predicted octanol–water partition coefficient (Wildman–Crippen LogP) is 3.88. The van der Waals surface area contributed by atoms with Crippen molar-refractivity contribution >= 4 is 23.0 Å². The van der Waals surface area contributed by atoms with E-state index in [2.05, 4.69) is 49.9 Å². The first-order chi connectivity index (χ1) is 13.1. The molecule has 2 aromatic carbocycles. The number of nitrogens with one attached hydrogen (secondary N) is 1. The molecule has 2 aromatic rings. The molecule has 5 heteroatoms. The third kappa shape index (κ3) is 4.47. The van der Waals surface area contributed by atoms with Gasteiger partial charge in [0.15, 0.2) is 0 Å². The molecule has 1 amide bonds. The summed E-state index contributed by atoms with van der Waals surface area (Å²) in [5.74, 6) is -0.139. The zero-order chi connectivity index (χ0) is 20.5. The molecular formula is C23H32N4O. The highest BCUT2D eigenvalue weighted by Gasteiger charge is 2.19. The Kier molecular flexibility index (Phi) is 5.66. The predicted molar refractivity (Wildman–Crippen MR) is 118 cm³/mol. The highest BCUT2D eigenvalue weighted by Crippen LogP contribution is 2.31. The molecule has 1 heterocycles. The van der Waals surface area contributed by atoms with Crippen LogP contribution in [0.3, 0.4) is 0 Å². The van der Waals surface area contributed by atoms with Gasteiger partial charge in [-0.15, -0.1) is 0 Å². The van der Waals surface area contributed by atoms with Gasteiger partial charge in [-0.2, -0.15) is 0 Å². The highest BCUT2D eigenvalue weighted by molar-refractivity contribution is 6.06. The lowest BCUT2D eigenvalue weighted by atomic mass is 9.87. The number of hydrogen-bond donors (Lipinski definition) is 2. The second-order valence-electron chi connectivity index (χ2n) is 8.80. The van der Waals surface area contributed by atoms with Crippen molar-refractivity contribution in [1.29, 1.82) is 0 Å². The first-order valence-corrected chi connectivity index (χ1v) is 9.90. The molecule has 0 saturated carbocycles. The van der Waals surface area contributed by atoms with Crippen molar-refractivity contribution in [2.24, 2.45) is 0 Å². The number of nitrogens with two attached hydrogens (primary N) is 1. The van der Waals surface area contributed by atoms with Crippen molar-refractivity contribution in [1.82, 2.24) is 4.90 Å². The summed E-state index contributed by atoms with van der Waals surface area (Å²) < 4.78 is 0. The average molecular weight is 381 g/mol. The van der Waals surface area contributed by atoms with Gasteiger partial charge in [0.1, 0.15) is 0 Å². The Balaban J connectivity index is 1.79. The van der Waals surface area contributed by atoms with E-state index >= 15 is 0 Å². The maximum atomic E-state index is 12.8. The van der Waals surface area contributed by atoms with Crippen molar-refractivity contribution in [2.45, 2.75) is 33.1 Å². The van der Waals surface area contributed by atoms with Gasteiger partial charge in [0.2, 0.25) is 0 Å². The Hall–Kier alpha value is -2.53. The largest absolute Gasteiger partial charge is 0.397 e. The zero-order valence-corrected chi connectivity index (χ0v) is 17.7. The molecule has 3 rings (SSSR count). The summed E-state index contributed by atoms with van der Waals surface area (Å²) in [6.07, 6.45) is 0. The lowest BCUT2D eigenvalue weighted by Gasteiger charge is -2.35. The van der Waals surface area contributed by atoms with E-state index in [4.69, 9.17) is 5.73 Å². The maximum absolute atomic E-state index is 12.8. The van der Waals surface area contributed by atoms with Crippen molar-refractivity contribution in [2.75, 3.05) is 49.2 Å². The minimum atomic E-state index is -0.139. The second kappa shape index (κ2) is 7.84. The van der Waals surface area contributed by atoms with Crippen LogP contribution in [-0.2, 0) is 5.41 Å². The van der Waals surface area contributed by atoms with Crippen LogP contribution in [0.4, 0.5) is 17.1 Å². The summed E-state index contributed by atoms with van der Waals surface area (Å²) in [7, 11) is 2.14. The number of likely N-dealkylation sites (N-methyl/N-ethyl adjacent to an activating group) is 1. The minimum Gasteiger partial charge on any atom is -0.397 e. The number of benzene rings is 2. The lowest BCUT2D eigenvalue weighted by molar-refractivity contribution is 0.102. The molecule has 0 unspecified atom stereocenters. The molecule has 0 spiro atoms. The van der Waals surface area contributed by atoms with Gasteiger partial charge in [0.05, 0.1) is 11.4 Å². The number of amides is 1. The number of carbonyl (C=O) groups excluding carboxylic acids is 1. The lowest BCUT2D eigenvalue weighted by Crippen LogP contribution is -2.44. The van der Waals surface area contributed by atoms with E-state index in [0.29, 0.717) is 16.9 Å². The SMILES string of the molecule is Cc1cc(N)c(NC(=O)c2ccc(C(C)(C)C)cc2)cc1N1CCN(C)CC1. The fourth-order valence-corrected chi connectivity index (χ4v) is 3.53. The summed E-state index contributed by atoms with van der Waals surface area (Å²) in [6.45, 7) is 12.6. The summed E-state index contributed by atoms with van der Waals surface area (Å²) in [5.41, 5.74) is 11.6. The van der Waals surface area contributed by atoms with Crippen LogP contribution in [0.1, 0.15) is 42.3 Å². The maximum Gasteiger partial charge on any atom is 0.255 e. The summed E-state index contributed by atoms with van der Waals surface area (Å²) in [6, 6.07) is 11.7. The normalized spacial score (nSPS) is 15.5. The number of anilines is 3. The van der Waals surface area contributed by atoms with E-state index in [-0.39, 0.29) is 11.3 Å². The van der Waals surface area contributed by atoms with Crippen LogP contribution >= 0.6 is 0 Å². The fraction of sp³-hybridized carbons (Fsp3) is 0.435. The van der Waals surface area contributed by atoms with E-state index in [1.165, 1.54) is 5.56 Å². The van der Waals surface area contributed by atoms with Gasteiger partial charge in [-0.25, -0.2) is 0 Å². The van der Waals surface area contributed by atoms with Gasteiger partial charge < -0.3 is 20.9 Å². The van der Waals surface area contributed by atoms with E-state index < -0.39 is 0 Å². The van der Waals surface area contributed by atoms with E-state index in [1.807, 2.05) is 36.4 Å². The average Bonchev–Trinajstić information content (AvgIpc) is 2.64. The van der Waals surface area contributed by atoms with Crippen LogP contribution in [0.2, 0.25) is 0 Å². The molecule has 0 aliphatic carbocycles. The van der Waals surface area contributed by atoms with Crippen molar-refractivity contribution in [3.8, 4) is 0 Å². The number of hydrogen-bond acceptors (Lipinski definition) is 4. The molecule has 1 aliphatic rings. The zero-order valence-electron chi connectivity index (χ0n) is 17.7. The topological polar surface area (TPSA) is 61.6 Å². The standard InChI is InChI=1S/C23H32N4O/c1-16-14-19(24)20(15-21(16)27-12-10-26(5)11-13-27)25-22(28)17-6-8-18(9-7-17)23(2,3)4/h6-9,14-15H,10-13,24H2,1-5H3,(H,25,28). The van der Waals surface area contributed by atoms with Gasteiger partial charge in [-0.1, -0.05) is 32.9 Å². The second-order valence-corrected chi connectivity index (χ2v) is 8.80. The first-order valence-electron chi connectivity index (χ1n) is 9.90. The molecule has 5 nitrogen and oxygen atoms in total. The molecule has 0 bridgehead atoms. The Bertz CT molecular complexity index is 844. The van der Waals surface area contributed by atoms with Crippen LogP contribution in [0.15, 0.2) is 36.4 Å². The third-order valence-corrected chi connectivity index (χ3v) is 5.47. The number of rotatable bonds is 3. The summed E-state index contributed by atoms with van der Waals surface area (Å²) >= 11 is 0. The van der Waals surface area contributed by atoms with Crippen LogP contribution < -0.4 is 16.0 Å². The monoisotopic (exact) mass is 380 g/mol. The first kappa shape index (κ1) is 20.2. The summed E-state index contributed by atoms with van der Waals surface area (Å²) in [4.78, 5) is 17.4. The number of piperazine rings is 1. The number of carbonyl (C=O) groups is 1. The van der Waals surface area contributed by atoms with Crippen molar-refractivity contribution in [3.63, 3.8) is 0 Å². The van der Waals surface area contributed by atoms with Crippen molar-refractivity contribution in [3.05, 3.63) is 53.1 Å². The molecule has 0 aromatic heterocycles. The van der Waals surface area contributed by atoms with Gasteiger partial charge in [0, 0.05) is 37.4 Å². The van der Waals surface area contributed by atoms with E-state index in [0.717, 1.165) is 37.4 Å². The van der Waals surface area contributed by atoms with E-state index in [1.54, 1.807) is 0 Å².